The van der Waals surface area contributed by atoms with Crippen molar-refractivity contribution in [3.63, 3.8) is 0 Å². The summed E-state index contributed by atoms with van der Waals surface area (Å²) in [6.07, 6.45) is 6.11. The van der Waals surface area contributed by atoms with Crippen LogP contribution in [0.1, 0.15) is 38.3 Å². The van der Waals surface area contributed by atoms with Gasteiger partial charge in [0.1, 0.15) is 6.04 Å². The van der Waals surface area contributed by atoms with Crippen LogP contribution in [0.5, 0.6) is 0 Å². The van der Waals surface area contributed by atoms with Crippen LogP contribution in [0.25, 0.3) is 11.3 Å². The van der Waals surface area contributed by atoms with E-state index in [0.29, 0.717) is 5.95 Å². The standard InChI is InChI=1S/C34H38N6O/c1-3-10-25(2)23-40-22-20-30(24-40)36-32(27-11-6-4-7-12-27)33(41)37-29-17-15-26(16-18-29)31-19-21-35-34(39-31)38-28-13-8-5-9-14-28/h4-19,21,30,32,36H,3,20,22-24H2,1-2H3,(H,37,41)(H,35,38,39)/b25-10+. The Balaban J connectivity index is 1.24. The van der Waals surface area contributed by atoms with Gasteiger partial charge in [-0.15, -0.1) is 0 Å². The van der Waals surface area contributed by atoms with Gasteiger partial charge < -0.3 is 10.6 Å². The van der Waals surface area contributed by atoms with Gasteiger partial charge in [-0.25, -0.2) is 9.97 Å². The van der Waals surface area contributed by atoms with Crippen molar-refractivity contribution in [3.8, 4) is 11.3 Å². The summed E-state index contributed by atoms with van der Waals surface area (Å²) in [5, 5.41) is 10.0. The molecule has 4 aromatic rings. The van der Waals surface area contributed by atoms with Crippen LogP contribution in [0.4, 0.5) is 17.3 Å². The van der Waals surface area contributed by atoms with Crippen LogP contribution < -0.4 is 16.0 Å². The Bertz CT molecular complexity index is 1440. The fraction of sp³-hybridized carbons (Fsp3) is 0.265. The van der Waals surface area contributed by atoms with E-state index in [1.165, 1.54) is 5.57 Å². The van der Waals surface area contributed by atoms with Gasteiger partial charge >= 0.3 is 0 Å². The largest absolute Gasteiger partial charge is 0.324 e. The molecule has 3 aromatic carbocycles. The van der Waals surface area contributed by atoms with Crippen molar-refractivity contribution >= 4 is 23.2 Å². The molecule has 1 aromatic heterocycles. The second kappa shape index (κ2) is 13.8. The van der Waals surface area contributed by atoms with Crippen LogP contribution in [-0.4, -0.2) is 46.5 Å². The summed E-state index contributed by atoms with van der Waals surface area (Å²) in [6, 6.07) is 29.3. The van der Waals surface area contributed by atoms with Crippen molar-refractivity contribution < 1.29 is 4.79 Å². The number of carbonyl (C=O) groups excluding carboxylic acids is 1. The molecule has 0 bridgehead atoms. The second-order valence-corrected chi connectivity index (χ2v) is 10.5. The Hall–Kier alpha value is -4.33. The maximum Gasteiger partial charge on any atom is 0.246 e. The fourth-order valence-corrected chi connectivity index (χ4v) is 5.25. The maximum atomic E-state index is 13.6. The predicted molar refractivity (Wildman–Crippen MR) is 167 cm³/mol. The summed E-state index contributed by atoms with van der Waals surface area (Å²) >= 11 is 0. The average molecular weight is 547 g/mol. The summed E-state index contributed by atoms with van der Waals surface area (Å²) in [5.74, 6) is 0.464. The molecule has 0 aliphatic carbocycles. The van der Waals surface area contributed by atoms with E-state index in [1.54, 1.807) is 6.20 Å². The van der Waals surface area contributed by atoms with Gasteiger partial charge in [0, 0.05) is 48.8 Å². The Labute approximate surface area is 242 Å². The third kappa shape index (κ3) is 7.87. The number of benzene rings is 3. The van der Waals surface area contributed by atoms with E-state index in [1.807, 2.05) is 91.0 Å². The van der Waals surface area contributed by atoms with Gasteiger partial charge in [0.2, 0.25) is 11.9 Å². The molecule has 1 amide bonds. The van der Waals surface area contributed by atoms with Crippen LogP contribution >= 0.6 is 0 Å². The number of hydrogen-bond acceptors (Lipinski definition) is 6. The number of para-hydroxylation sites is 1. The highest BCUT2D eigenvalue weighted by Crippen LogP contribution is 2.24. The van der Waals surface area contributed by atoms with Gasteiger partial charge in [0.15, 0.2) is 0 Å². The van der Waals surface area contributed by atoms with Gasteiger partial charge in [-0.2, -0.15) is 0 Å². The molecule has 2 heterocycles. The number of hydrogen-bond donors (Lipinski definition) is 3. The first-order valence-electron chi connectivity index (χ1n) is 14.3. The Kier molecular flexibility index (Phi) is 9.52. The summed E-state index contributed by atoms with van der Waals surface area (Å²) < 4.78 is 0. The van der Waals surface area contributed by atoms with Crippen LogP contribution in [0.15, 0.2) is 109 Å². The lowest BCUT2D eigenvalue weighted by molar-refractivity contribution is -0.118. The molecule has 1 aliphatic rings. The molecule has 210 valence electrons. The molecule has 1 aliphatic heterocycles. The van der Waals surface area contributed by atoms with Crippen molar-refractivity contribution in [2.24, 2.45) is 0 Å². The number of nitrogens with zero attached hydrogens (tertiary/aromatic N) is 3. The third-order valence-electron chi connectivity index (χ3n) is 7.23. The zero-order valence-corrected chi connectivity index (χ0v) is 23.8. The van der Waals surface area contributed by atoms with E-state index in [0.717, 1.165) is 60.7 Å². The Morgan fingerprint density at radius 1 is 0.976 bits per heavy atom. The first-order chi connectivity index (χ1) is 20.1. The van der Waals surface area contributed by atoms with E-state index in [9.17, 15) is 4.79 Å². The van der Waals surface area contributed by atoms with Crippen LogP contribution in [0, 0.1) is 0 Å². The minimum Gasteiger partial charge on any atom is -0.324 e. The first kappa shape index (κ1) is 28.2. The molecule has 7 heteroatoms. The Morgan fingerprint density at radius 3 is 2.44 bits per heavy atom. The highest BCUT2D eigenvalue weighted by Gasteiger charge is 2.28. The van der Waals surface area contributed by atoms with Crippen LogP contribution in [-0.2, 0) is 4.79 Å². The highest BCUT2D eigenvalue weighted by atomic mass is 16.2. The second-order valence-electron chi connectivity index (χ2n) is 10.5. The number of nitrogens with one attached hydrogen (secondary N) is 3. The normalized spacial score (nSPS) is 16.3. The lowest BCUT2D eigenvalue weighted by Crippen LogP contribution is -2.41. The van der Waals surface area contributed by atoms with Crippen molar-refractivity contribution in [2.45, 2.75) is 38.8 Å². The van der Waals surface area contributed by atoms with E-state index < -0.39 is 6.04 Å². The topological polar surface area (TPSA) is 82.2 Å². The maximum absolute atomic E-state index is 13.6. The first-order valence-corrected chi connectivity index (χ1v) is 14.3. The molecule has 5 rings (SSSR count). The molecule has 0 radical (unpaired) electrons. The molecule has 7 nitrogen and oxygen atoms in total. The fourth-order valence-electron chi connectivity index (χ4n) is 5.25. The zero-order chi connectivity index (χ0) is 28.4. The molecule has 3 N–H and O–H groups in total. The summed E-state index contributed by atoms with van der Waals surface area (Å²) in [5.41, 5.74) is 5.78. The van der Waals surface area contributed by atoms with E-state index >= 15 is 0 Å². The molecule has 1 fully saturated rings. The molecule has 2 unspecified atom stereocenters. The SMILES string of the molecule is CC/C=C(\C)CN1CCC(NC(C(=O)Nc2ccc(-c3ccnc(Nc4ccccc4)n3)cc2)c2ccccc2)C1. The minimum absolute atomic E-state index is 0.0687. The van der Waals surface area contributed by atoms with Crippen molar-refractivity contribution in [1.29, 1.82) is 0 Å². The van der Waals surface area contributed by atoms with Crippen LogP contribution in [0.2, 0.25) is 0 Å². The zero-order valence-electron chi connectivity index (χ0n) is 23.8. The quantitative estimate of drug-likeness (QED) is 0.184. The summed E-state index contributed by atoms with van der Waals surface area (Å²) in [6.45, 7) is 7.31. The Morgan fingerprint density at radius 2 is 1.71 bits per heavy atom. The number of carbonyl (C=O) groups is 1. The van der Waals surface area contributed by atoms with Gasteiger partial charge in [0.05, 0.1) is 5.69 Å². The molecular weight excluding hydrogens is 508 g/mol. The molecule has 0 saturated carbocycles. The van der Waals surface area contributed by atoms with Crippen molar-refractivity contribution in [1.82, 2.24) is 20.2 Å². The minimum atomic E-state index is -0.443. The van der Waals surface area contributed by atoms with Gasteiger partial charge in [-0.05, 0) is 55.7 Å². The molecule has 0 spiro atoms. The van der Waals surface area contributed by atoms with Crippen molar-refractivity contribution in [3.05, 3.63) is 114 Å². The van der Waals surface area contributed by atoms with Gasteiger partial charge in [0.25, 0.3) is 0 Å². The molecule has 41 heavy (non-hydrogen) atoms. The third-order valence-corrected chi connectivity index (χ3v) is 7.23. The number of allylic oxidation sites excluding steroid dienone is 1. The van der Waals surface area contributed by atoms with Crippen LogP contribution in [0.3, 0.4) is 0 Å². The van der Waals surface area contributed by atoms with Crippen molar-refractivity contribution in [2.75, 3.05) is 30.3 Å². The summed E-state index contributed by atoms with van der Waals surface area (Å²) in [7, 11) is 0. The lowest BCUT2D eigenvalue weighted by atomic mass is 10.0. The van der Waals surface area contributed by atoms with E-state index in [-0.39, 0.29) is 11.9 Å². The number of amides is 1. The molecule has 2 atom stereocenters. The monoisotopic (exact) mass is 546 g/mol. The van der Waals surface area contributed by atoms with Gasteiger partial charge in [-0.3, -0.25) is 15.0 Å². The number of anilines is 3. The molecular formula is C34H38N6O. The number of aromatic nitrogens is 2. The van der Waals surface area contributed by atoms with E-state index in [4.69, 9.17) is 0 Å². The molecule has 1 saturated heterocycles. The average Bonchev–Trinajstić information content (AvgIpc) is 3.44. The highest BCUT2D eigenvalue weighted by molar-refractivity contribution is 5.95. The van der Waals surface area contributed by atoms with Gasteiger partial charge in [-0.1, -0.05) is 79.2 Å². The predicted octanol–water partition coefficient (Wildman–Crippen LogP) is 6.59. The van der Waals surface area contributed by atoms with E-state index in [2.05, 4.69) is 50.7 Å². The number of likely N-dealkylation sites (tertiary alicyclic amines) is 1. The lowest BCUT2D eigenvalue weighted by Gasteiger charge is -2.23. The summed E-state index contributed by atoms with van der Waals surface area (Å²) in [4.78, 5) is 25.1. The smallest absolute Gasteiger partial charge is 0.246 e. The number of rotatable bonds is 11.